The van der Waals surface area contributed by atoms with Crippen molar-refractivity contribution in [1.82, 2.24) is 4.90 Å². The molecule has 0 amide bonds. The molecule has 1 fully saturated rings. The Balaban J connectivity index is -0.000000651. The maximum absolute atomic E-state index is 5.60. The summed E-state index contributed by atoms with van der Waals surface area (Å²) in [6.07, 6.45) is 2.00. The lowest BCUT2D eigenvalue weighted by molar-refractivity contribution is 0.0563. The van der Waals surface area contributed by atoms with Crippen LogP contribution in [0.4, 0.5) is 5.69 Å². The smallest absolute Gasteiger partial charge is 0.119 e. The molecule has 0 spiro atoms. The summed E-state index contributed by atoms with van der Waals surface area (Å²) in [4.78, 5) is 4.91. The average molecular weight is 657 g/mol. The summed E-state index contributed by atoms with van der Waals surface area (Å²) in [6, 6.07) is 30.4. The average Bonchev–Trinajstić information content (AvgIpc) is 3.19. The minimum atomic E-state index is 0.682. The van der Waals surface area contributed by atoms with Gasteiger partial charge < -0.3 is 23.8 Å². The molecule has 4 rings (SSSR count). The van der Waals surface area contributed by atoms with Crippen molar-refractivity contribution < 1.29 is 18.9 Å². The van der Waals surface area contributed by atoms with E-state index in [1.54, 1.807) is 7.11 Å². The Kier molecular flexibility index (Phi) is 42.1. The molecule has 0 radical (unpaired) electrons. The normalized spacial score (nSPS) is 11.3. The number of benzene rings is 3. The zero-order valence-electron chi connectivity index (χ0n) is 32.2. The molecule has 0 aromatic heterocycles. The molecule has 1 saturated heterocycles. The number of nitrogens with zero attached hydrogens (tertiary/aromatic N) is 2. The number of unbranched alkanes of at least 4 members (excludes halogenated alkanes) is 1. The second-order valence-electron chi connectivity index (χ2n) is 8.80. The van der Waals surface area contributed by atoms with Gasteiger partial charge in [0.05, 0.1) is 33.0 Å². The van der Waals surface area contributed by atoms with E-state index in [0.29, 0.717) is 13.2 Å². The van der Waals surface area contributed by atoms with E-state index in [0.717, 1.165) is 76.9 Å². The zero-order chi connectivity index (χ0) is 35.8. The Morgan fingerprint density at radius 1 is 0.468 bits per heavy atom. The monoisotopic (exact) mass is 657 g/mol. The number of ether oxygens (including phenoxy) is 4. The lowest BCUT2D eigenvalue weighted by atomic mass is 10.2. The molecule has 3 aromatic rings. The van der Waals surface area contributed by atoms with Crippen molar-refractivity contribution in [2.75, 3.05) is 77.8 Å². The molecule has 3 aromatic carbocycles. The maximum atomic E-state index is 5.60. The summed E-state index contributed by atoms with van der Waals surface area (Å²) in [5.41, 5.74) is 1.33. The van der Waals surface area contributed by atoms with Gasteiger partial charge in [-0.2, -0.15) is 0 Å². The number of para-hydroxylation sites is 3. The van der Waals surface area contributed by atoms with Gasteiger partial charge in [0.15, 0.2) is 0 Å². The summed E-state index contributed by atoms with van der Waals surface area (Å²) < 4.78 is 21.7. The van der Waals surface area contributed by atoms with Crippen LogP contribution in [0.5, 0.6) is 11.5 Å². The summed E-state index contributed by atoms with van der Waals surface area (Å²) in [6.45, 7) is 29.1. The van der Waals surface area contributed by atoms with E-state index >= 15 is 0 Å². The molecular weight excluding hydrogens is 584 g/mol. The van der Waals surface area contributed by atoms with Crippen LogP contribution >= 0.6 is 0 Å². The molecule has 6 nitrogen and oxygen atoms in total. The molecule has 0 aliphatic carbocycles. The van der Waals surface area contributed by atoms with E-state index < -0.39 is 0 Å². The molecule has 0 saturated carbocycles. The topological polar surface area (TPSA) is 43.4 Å². The second kappa shape index (κ2) is 41.0. The van der Waals surface area contributed by atoms with Crippen LogP contribution in [0.25, 0.3) is 0 Å². The Labute approximate surface area is 291 Å². The molecule has 1 heterocycles. The van der Waals surface area contributed by atoms with Crippen LogP contribution in [0.2, 0.25) is 0 Å². The standard InChI is InChI=1S/C16H18O2.C15H24N2O2.5C2H6/c1-3-9-15(10-4-1)17-13-7-8-14-18-16-11-5-2-6-12-16;1-18-13-14-19-12-11-16-7-9-17(10-8-16)15-5-3-2-4-6-15;5*1-2/h1-6,9-12H,7-8,13-14H2;2-6H,7-14H2,1H3;5*1-2H3. The minimum absolute atomic E-state index is 0.682. The quantitative estimate of drug-likeness (QED) is 0.161. The van der Waals surface area contributed by atoms with Crippen molar-refractivity contribution in [2.24, 2.45) is 0 Å². The SMILES string of the molecule is CC.CC.CC.CC.CC.COCCOCCN1CCN(c2ccccc2)CC1.c1ccc(OCCCCOc2ccccc2)cc1. The highest BCUT2D eigenvalue weighted by molar-refractivity contribution is 5.46. The van der Waals surface area contributed by atoms with E-state index in [-0.39, 0.29) is 0 Å². The number of hydrogen-bond donors (Lipinski definition) is 0. The molecule has 0 unspecified atom stereocenters. The second-order valence-corrected chi connectivity index (χ2v) is 8.80. The van der Waals surface area contributed by atoms with Crippen molar-refractivity contribution in [3.8, 4) is 11.5 Å². The predicted molar refractivity (Wildman–Crippen MR) is 208 cm³/mol. The number of methoxy groups -OCH3 is 1. The van der Waals surface area contributed by atoms with Gasteiger partial charge in [0.2, 0.25) is 0 Å². The molecule has 6 heteroatoms. The lowest BCUT2D eigenvalue weighted by Gasteiger charge is -2.36. The van der Waals surface area contributed by atoms with E-state index in [4.69, 9.17) is 18.9 Å². The molecule has 1 aliphatic heterocycles. The molecule has 1 aliphatic rings. The van der Waals surface area contributed by atoms with Crippen LogP contribution in [0.3, 0.4) is 0 Å². The number of hydrogen-bond acceptors (Lipinski definition) is 6. The van der Waals surface area contributed by atoms with Crippen molar-refractivity contribution in [2.45, 2.75) is 82.1 Å². The highest BCUT2D eigenvalue weighted by Crippen LogP contribution is 2.15. The van der Waals surface area contributed by atoms with Crippen LogP contribution in [0.1, 0.15) is 82.1 Å². The minimum Gasteiger partial charge on any atom is -0.494 e. The van der Waals surface area contributed by atoms with Crippen molar-refractivity contribution in [3.63, 3.8) is 0 Å². The zero-order valence-corrected chi connectivity index (χ0v) is 32.2. The first kappa shape index (κ1) is 48.3. The molecule has 0 N–H and O–H groups in total. The van der Waals surface area contributed by atoms with Gasteiger partial charge in [0, 0.05) is 45.5 Å². The van der Waals surface area contributed by atoms with Crippen molar-refractivity contribution in [1.29, 1.82) is 0 Å². The van der Waals surface area contributed by atoms with Gasteiger partial charge in [0.25, 0.3) is 0 Å². The highest BCUT2D eigenvalue weighted by Gasteiger charge is 2.16. The third-order valence-electron chi connectivity index (χ3n) is 6.04. The van der Waals surface area contributed by atoms with E-state index in [1.165, 1.54) is 5.69 Å². The summed E-state index contributed by atoms with van der Waals surface area (Å²) in [5, 5.41) is 0. The number of piperazine rings is 1. The third-order valence-corrected chi connectivity index (χ3v) is 6.04. The van der Waals surface area contributed by atoms with Crippen LogP contribution in [0.15, 0.2) is 91.0 Å². The first-order chi connectivity index (χ1) is 23.3. The summed E-state index contributed by atoms with van der Waals surface area (Å²) in [5.74, 6) is 1.86. The third kappa shape index (κ3) is 27.7. The van der Waals surface area contributed by atoms with E-state index in [1.807, 2.05) is 130 Å². The Morgan fingerprint density at radius 3 is 1.28 bits per heavy atom. The number of anilines is 1. The first-order valence-corrected chi connectivity index (χ1v) is 18.3. The van der Waals surface area contributed by atoms with Gasteiger partial charge in [-0.3, -0.25) is 4.90 Å². The maximum Gasteiger partial charge on any atom is 0.119 e. The summed E-state index contributed by atoms with van der Waals surface area (Å²) >= 11 is 0. The fraction of sp³-hybridized carbons (Fsp3) is 0.561. The van der Waals surface area contributed by atoms with Gasteiger partial charge in [0.1, 0.15) is 11.5 Å². The van der Waals surface area contributed by atoms with Gasteiger partial charge >= 0.3 is 0 Å². The van der Waals surface area contributed by atoms with Gasteiger partial charge in [-0.25, -0.2) is 0 Å². The summed E-state index contributed by atoms with van der Waals surface area (Å²) in [7, 11) is 1.70. The first-order valence-electron chi connectivity index (χ1n) is 18.3. The lowest BCUT2D eigenvalue weighted by Crippen LogP contribution is -2.47. The molecule has 0 bridgehead atoms. The fourth-order valence-corrected chi connectivity index (χ4v) is 3.92. The molecule has 270 valence electrons. The highest BCUT2D eigenvalue weighted by atomic mass is 16.5. The molecule has 47 heavy (non-hydrogen) atoms. The van der Waals surface area contributed by atoms with Gasteiger partial charge in [-0.05, 0) is 49.2 Å². The number of rotatable bonds is 14. The van der Waals surface area contributed by atoms with Crippen LogP contribution in [-0.2, 0) is 9.47 Å². The van der Waals surface area contributed by atoms with E-state index in [2.05, 4.69) is 40.1 Å². The Bertz CT molecular complexity index is 878. The Hall–Kier alpha value is -3.06. The van der Waals surface area contributed by atoms with Crippen LogP contribution in [-0.4, -0.2) is 77.8 Å². The van der Waals surface area contributed by atoms with E-state index in [9.17, 15) is 0 Å². The van der Waals surface area contributed by atoms with Crippen molar-refractivity contribution in [3.05, 3.63) is 91.0 Å². The predicted octanol–water partition coefficient (Wildman–Crippen LogP) is 10.5. The fourth-order valence-electron chi connectivity index (χ4n) is 3.92. The Morgan fingerprint density at radius 2 is 0.872 bits per heavy atom. The molecular formula is C41H72N2O4. The van der Waals surface area contributed by atoms with Crippen LogP contribution in [0, 0.1) is 0 Å². The largest absolute Gasteiger partial charge is 0.494 e. The molecule has 0 atom stereocenters. The van der Waals surface area contributed by atoms with Gasteiger partial charge in [-0.15, -0.1) is 0 Å². The van der Waals surface area contributed by atoms with Crippen LogP contribution < -0.4 is 14.4 Å². The van der Waals surface area contributed by atoms with Gasteiger partial charge in [-0.1, -0.05) is 124 Å². The van der Waals surface area contributed by atoms with Crippen molar-refractivity contribution >= 4 is 5.69 Å².